The van der Waals surface area contributed by atoms with E-state index < -0.39 is 0 Å². The summed E-state index contributed by atoms with van der Waals surface area (Å²) in [6, 6.07) is 8.06. The number of hydrogen-bond acceptors (Lipinski definition) is 3. The number of anilines is 2. The lowest BCUT2D eigenvalue weighted by Crippen LogP contribution is -1.90. The van der Waals surface area contributed by atoms with Crippen LogP contribution in [0.15, 0.2) is 24.3 Å². The second-order valence-corrected chi connectivity index (χ2v) is 5.09. The molecule has 1 aromatic carbocycles. The standard InChI is InChI=1S/C12H13ClN2S/c1-8-9(2)16-12(14-8)15-11-5-3-4-10(6-11)7-13/h3-6H,7H2,1-2H3,(H,14,15). The van der Waals surface area contributed by atoms with Gasteiger partial charge in [-0.25, -0.2) is 4.98 Å². The molecule has 0 atom stereocenters. The predicted molar refractivity (Wildman–Crippen MR) is 70.9 cm³/mol. The van der Waals surface area contributed by atoms with Crippen molar-refractivity contribution in [3.05, 3.63) is 40.4 Å². The Labute approximate surface area is 104 Å². The average molecular weight is 253 g/mol. The summed E-state index contributed by atoms with van der Waals surface area (Å²) in [5.74, 6) is 0.533. The van der Waals surface area contributed by atoms with Gasteiger partial charge in [-0.1, -0.05) is 12.1 Å². The Bertz CT molecular complexity index is 474. The molecule has 1 aromatic heterocycles. The summed E-state index contributed by atoms with van der Waals surface area (Å²) in [6.45, 7) is 4.10. The van der Waals surface area contributed by atoms with E-state index in [4.69, 9.17) is 11.6 Å². The zero-order valence-corrected chi connectivity index (χ0v) is 10.8. The Morgan fingerprint density at radius 1 is 1.38 bits per heavy atom. The number of alkyl halides is 1. The first-order valence-corrected chi connectivity index (χ1v) is 6.40. The first-order valence-electron chi connectivity index (χ1n) is 5.05. The summed E-state index contributed by atoms with van der Waals surface area (Å²) >= 11 is 7.46. The molecule has 0 aliphatic carbocycles. The fourth-order valence-electron chi connectivity index (χ4n) is 1.38. The van der Waals surface area contributed by atoms with Crippen LogP contribution in [0.25, 0.3) is 0 Å². The van der Waals surface area contributed by atoms with E-state index in [1.54, 1.807) is 11.3 Å². The molecule has 0 aliphatic rings. The van der Waals surface area contributed by atoms with Crippen molar-refractivity contribution in [3.8, 4) is 0 Å². The van der Waals surface area contributed by atoms with Crippen molar-refractivity contribution >= 4 is 33.8 Å². The van der Waals surface area contributed by atoms with Crippen LogP contribution in [0, 0.1) is 13.8 Å². The van der Waals surface area contributed by atoms with E-state index in [-0.39, 0.29) is 0 Å². The number of hydrogen-bond donors (Lipinski definition) is 1. The molecule has 0 saturated heterocycles. The Morgan fingerprint density at radius 3 is 2.81 bits per heavy atom. The van der Waals surface area contributed by atoms with Gasteiger partial charge >= 0.3 is 0 Å². The van der Waals surface area contributed by atoms with E-state index in [0.717, 1.165) is 22.1 Å². The first kappa shape index (κ1) is 11.4. The van der Waals surface area contributed by atoms with Crippen molar-refractivity contribution in [1.29, 1.82) is 0 Å². The van der Waals surface area contributed by atoms with E-state index in [0.29, 0.717) is 5.88 Å². The minimum atomic E-state index is 0.533. The first-order chi connectivity index (χ1) is 7.69. The molecule has 1 N–H and O–H groups in total. The van der Waals surface area contributed by atoms with E-state index in [1.807, 2.05) is 31.2 Å². The normalized spacial score (nSPS) is 10.4. The molecule has 4 heteroatoms. The monoisotopic (exact) mass is 252 g/mol. The van der Waals surface area contributed by atoms with Crippen LogP contribution in [0.1, 0.15) is 16.1 Å². The number of nitrogens with zero attached hydrogens (tertiary/aromatic N) is 1. The van der Waals surface area contributed by atoms with Crippen molar-refractivity contribution in [2.45, 2.75) is 19.7 Å². The number of nitrogens with one attached hydrogen (secondary N) is 1. The maximum atomic E-state index is 5.79. The summed E-state index contributed by atoms with van der Waals surface area (Å²) in [4.78, 5) is 5.68. The lowest BCUT2D eigenvalue weighted by Gasteiger charge is -2.03. The highest BCUT2D eigenvalue weighted by molar-refractivity contribution is 7.15. The van der Waals surface area contributed by atoms with E-state index in [9.17, 15) is 0 Å². The number of halogens is 1. The van der Waals surface area contributed by atoms with Gasteiger partial charge in [-0.15, -0.1) is 22.9 Å². The van der Waals surface area contributed by atoms with Gasteiger partial charge in [0.15, 0.2) is 5.13 Å². The van der Waals surface area contributed by atoms with E-state index in [1.165, 1.54) is 4.88 Å². The summed E-state index contributed by atoms with van der Waals surface area (Å²) in [5.41, 5.74) is 3.23. The minimum Gasteiger partial charge on any atom is -0.332 e. The van der Waals surface area contributed by atoms with Gasteiger partial charge in [0, 0.05) is 16.4 Å². The molecule has 0 fully saturated rings. The van der Waals surface area contributed by atoms with Gasteiger partial charge in [-0.05, 0) is 31.5 Å². The lowest BCUT2D eigenvalue weighted by atomic mass is 10.2. The van der Waals surface area contributed by atoms with Gasteiger partial charge in [0.25, 0.3) is 0 Å². The Morgan fingerprint density at radius 2 is 2.19 bits per heavy atom. The molecule has 16 heavy (non-hydrogen) atoms. The minimum absolute atomic E-state index is 0.533. The lowest BCUT2D eigenvalue weighted by molar-refractivity contribution is 1.23. The molecule has 0 aliphatic heterocycles. The van der Waals surface area contributed by atoms with Crippen LogP contribution < -0.4 is 5.32 Å². The molecule has 0 saturated carbocycles. The predicted octanol–water partition coefficient (Wildman–Crippen LogP) is 4.24. The number of rotatable bonds is 3. The number of aromatic nitrogens is 1. The SMILES string of the molecule is Cc1nc(Nc2cccc(CCl)c2)sc1C. The van der Waals surface area contributed by atoms with Gasteiger partial charge in [0.05, 0.1) is 5.69 Å². The largest absolute Gasteiger partial charge is 0.332 e. The van der Waals surface area contributed by atoms with Crippen LogP contribution in [0.5, 0.6) is 0 Å². The molecular weight excluding hydrogens is 240 g/mol. The van der Waals surface area contributed by atoms with Crippen LogP contribution in [-0.2, 0) is 5.88 Å². The Balaban J connectivity index is 2.20. The highest BCUT2D eigenvalue weighted by Crippen LogP contribution is 2.25. The van der Waals surface area contributed by atoms with Crippen molar-refractivity contribution in [3.63, 3.8) is 0 Å². The smallest absolute Gasteiger partial charge is 0.187 e. The zero-order valence-electron chi connectivity index (χ0n) is 9.25. The molecule has 2 rings (SSSR count). The summed E-state index contributed by atoms with van der Waals surface area (Å²) in [5, 5.41) is 4.22. The molecule has 0 unspecified atom stereocenters. The van der Waals surface area contributed by atoms with Crippen LogP contribution >= 0.6 is 22.9 Å². The third kappa shape index (κ3) is 2.54. The van der Waals surface area contributed by atoms with E-state index >= 15 is 0 Å². The van der Waals surface area contributed by atoms with Gasteiger partial charge < -0.3 is 5.32 Å². The Hall–Kier alpha value is -1.06. The fourth-order valence-corrected chi connectivity index (χ4v) is 2.38. The molecule has 1 heterocycles. The molecule has 0 radical (unpaired) electrons. The molecule has 2 nitrogen and oxygen atoms in total. The molecule has 2 aromatic rings. The summed E-state index contributed by atoms with van der Waals surface area (Å²) in [7, 11) is 0. The molecular formula is C12H13ClN2S. The fraction of sp³-hybridized carbons (Fsp3) is 0.250. The highest BCUT2D eigenvalue weighted by atomic mass is 35.5. The second-order valence-electron chi connectivity index (χ2n) is 3.62. The maximum absolute atomic E-state index is 5.79. The third-order valence-corrected chi connectivity index (χ3v) is 3.66. The zero-order chi connectivity index (χ0) is 11.5. The molecule has 84 valence electrons. The van der Waals surface area contributed by atoms with Gasteiger partial charge in [-0.2, -0.15) is 0 Å². The van der Waals surface area contributed by atoms with Gasteiger partial charge in [0.2, 0.25) is 0 Å². The molecule has 0 amide bonds. The Kier molecular flexibility index (Phi) is 3.46. The number of aryl methyl sites for hydroxylation is 2. The van der Waals surface area contributed by atoms with E-state index in [2.05, 4.69) is 17.2 Å². The van der Waals surface area contributed by atoms with Crippen LogP contribution in [-0.4, -0.2) is 4.98 Å². The molecule has 0 spiro atoms. The van der Waals surface area contributed by atoms with Crippen LogP contribution in [0.4, 0.5) is 10.8 Å². The number of benzene rings is 1. The van der Waals surface area contributed by atoms with Gasteiger partial charge in [-0.3, -0.25) is 0 Å². The topological polar surface area (TPSA) is 24.9 Å². The van der Waals surface area contributed by atoms with Crippen molar-refractivity contribution in [2.24, 2.45) is 0 Å². The van der Waals surface area contributed by atoms with Crippen molar-refractivity contribution < 1.29 is 0 Å². The van der Waals surface area contributed by atoms with Crippen LogP contribution in [0.2, 0.25) is 0 Å². The summed E-state index contributed by atoms with van der Waals surface area (Å²) < 4.78 is 0. The van der Waals surface area contributed by atoms with Gasteiger partial charge in [0.1, 0.15) is 0 Å². The number of thiazole rings is 1. The van der Waals surface area contributed by atoms with Crippen molar-refractivity contribution in [2.75, 3.05) is 5.32 Å². The molecule has 0 bridgehead atoms. The van der Waals surface area contributed by atoms with Crippen LogP contribution in [0.3, 0.4) is 0 Å². The second kappa shape index (κ2) is 4.85. The summed E-state index contributed by atoms with van der Waals surface area (Å²) in [6.07, 6.45) is 0. The third-order valence-electron chi connectivity index (χ3n) is 2.36. The van der Waals surface area contributed by atoms with Crippen molar-refractivity contribution in [1.82, 2.24) is 4.98 Å². The highest BCUT2D eigenvalue weighted by Gasteiger charge is 2.03. The quantitative estimate of drug-likeness (QED) is 0.827. The maximum Gasteiger partial charge on any atom is 0.187 e. The average Bonchev–Trinajstić information content (AvgIpc) is 2.58.